The zero-order valence-corrected chi connectivity index (χ0v) is 19.3. The molecule has 2 aromatic rings. The van der Waals surface area contributed by atoms with Crippen molar-refractivity contribution in [3.05, 3.63) is 67.8 Å². The standard InChI is InChI=1S/C26H26ClNO5/c1-14-22(26(31)33-16-6-3-2-4-7-16)23(24-19(28-14)8-5-9-20(24)29)18-13-32-21-11-10-15(27)12-17(21)25(18)30/h10-13,16,23,28H,2-9H2,1H3/t23-/m1/s1. The summed E-state index contributed by atoms with van der Waals surface area (Å²) in [6.45, 7) is 1.80. The Bertz CT molecular complexity index is 1270. The van der Waals surface area contributed by atoms with Crippen molar-refractivity contribution in [2.75, 3.05) is 0 Å². The molecule has 2 aliphatic carbocycles. The van der Waals surface area contributed by atoms with Crippen LogP contribution in [0.1, 0.15) is 69.8 Å². The van der Waals surface area contributed by atoms with Gasteiger partial charge in [0.15, 0.2) is 11.2 Å². The summed E-state index contributed by atoms with van der Waals surface area (Å²) in [6, 6.07) is 4.85. The van der Waals surface area contributed by atoms with Crippen LogP contribution in [0.15, 0.2) is 56.2 Å². The van der Waals surface area contributed by atoms with Gasteiger partial charge in [0.1, 0.15) is 11.7 Å². The van der Waals surface area contributed by atoms with E-state index in [-0.39, 0.29) is 22.9 Å². The van der Waals surface area contributed by atoms with Crippen LogP contribution in [-0.4, -0.2) is 17.9 Å². The highest BCUT2D eigenvalue weighted by Crippen LogP contribution is 2.42. The molecule has 1 N–H and O–H groups in total. The number of ketones is 1. The van der Waals surface area contributed by atoms with Crippen molar-refractivity contribution in [2.45, 2.75) is 70.3 Å². The SMILES string of the molecule is CC1=C(C(=O)OC2CCCCC2)[C@@H](c2coc3ccc(Cl)cc3c2=O)C2=C(CCCC2=O)N1. The van der Waals surface area contributed by atoms with Crippen LogP contribution in [0, 0.1) is 0 Å². The van der Waals surface area contributed by atoms with Crippen molar-refractivity contribution in [3.63, 3.8) is 0 Å². The molecule has 1 atom stereocenters. The molecule has 0 radical (unpaired) electrons. The number of rotatable bonds is 3. The molecule has 172 valence electrons. The highest BCUT2D eigenvalue weighted by molar-refractivity contribution is 6.31. The molecule has 1 aromatic heterocycles. The van der Waals surface area contributed by atoms with Crippen molar-refractivity contribution in [1.29, 1.82) is 0 Å². The number of allylic oxidation sites excluding steroid dienone is 3. The first-order chi connectivity index (χ1) is 15.9. The van der Waals surface area contributed by atoms with Gasteiger partial charge in [-0.3, -0.25) is 9.59 Å². The van der Waals surface area contributed by atoms with Crippen LogP contribution >= 0.6 is 11.6 Å². The van der Waals surface area contributed by atoms with E-state index in [0.29, 0.717) is 45.7 Å². The third-order valence-electron chi connectivity index (χ3n) is 6.89. The summed E-state index contributed by atoms with van der Waals surface area (Å²) in [5, 5.41) is 4.00. The second kappa shape index (κ2) is 8.82. The highest BCUT2D eigenvalue weighted by atomic mass is 35.5. The molecule has 1 aromatic carbocycles. The van der Waals surface area contributed by atoms with Gasteiger partial charge in [-0.1, -0.05) is 18.0 Å². The van der Waals surface area contributed by atoms with E-state index in [1.807, 2.05) is 0 Å². The average molecular weight is 468 g/mol. The number of hydrogen-bond donors (Lipinski definition) is 1. The number of benzene rings is 1. The molecule has 0 amide bonds. The van der Waals surface area contributed by atoms with E-state index in [1.54, 1.807) is 25.1 Å². The van der Waals surface area contributed by atoms with Crippen molar-refractivity contribution in [1.82, 2.24) is 5.32 Å². The molecule has 1 aliphatic heterocycles. The van der Waals surface area contributed by atoms with Crippen LogP contribution in [0.4, 0.5) is 0 Å². The quantitative estimate of drug-likeness (QED) is 0.617. The van der Waals surface area contributed by atoms with Crippen molar-refractivity contribution < 1.29 is 18.7 Å². The summed E-state index contributed by atoms with van der Waals surface area (Å²) >= 11 is 6.14. The van der Waals surface area contributed by atoms with Crippen LogP contribution in [0.25, 0.3) is 11.0 Å². The number of dihydropyridines is 1. The van der Waals surface area contributed by atoms with Crippen LogP contribution in [0.5, 0.6) is 0 Å². The lowest BCUT2D eigenvalue weighted by molar-refractivity contribution is -0.146. The fraction of sp³-hybridized carbons (Fsp3) is 0.423. The fourth-order valence-electron chi connectivity index (χ4n) is 5.28. The van der Waals surface area contributed by atoms with Gasteiger partial charge < -0.3 is 14.5 Å². The Morgan fingerprint density at radius 3 is 2.70 bits per heavy atom. The van der Waals surface area contributed by atoms with Gasteiger partial charge in [-0.05, 0) is 63.6 Å². The maximum atomic E-state index is 13.6. The minimum Gasteiger partial charge on any atom is -0.464 e. The largest absolute Gasteiger partial charge is 0.464 e. The molecule has 1 saturated carbocycles. The van der Waals surface area contributed by atoms with Gasteiger partial charge in [0.25, 0.3) is 0 Å². The summed E-state index contributed by atoms with van der Waals surface area (Å²) in [6.07, 6.45) is 7.90. The molecule has 0 spiro atoms. The predicted molar refractivity (Wildman–Crippen MR) is 125 cm³/mol. The van der Waals surface area contributed by atoms with Gasteiger partial charge in [-0.25, -0.2) is 4.79 Å². The van der Waals surface area contributed by atoms with Gasteiger partial charge in [0.05, 0.1) is 23.1 Å². The van der Waals surface area contributed by atoms with Gasteiger partial charge in [0.2, 0.25) is 0 Å². The van der Waals surface area contributed by atoms with Crippen LogP contribution in [0.3, 0.4) is 0 Å². The Hall–Kier alpha value is -2.86. The Balaban J connectivity index is 1.65. The Kier molecular flexibility index (Phi) is 5.87. The van der Waals surface area contributed by atoms with Gasteiger partial charge in [-0.2, -0.15) is 0 Å². The molecule has 7 heteroatoms. The van der Waals surface area contributed by atoms with Gasteiger partial charge >= 0.3 is 5.97 Å². The maximum Gasteiger partial charge on any atom is 0.337 e. The average Bonchev–Trinajstić information content (AvgIpc) is 2.80. The molecule has 6 nitrogen and oxygen atoms in total. The molecule has 2 heterocycles. The number of carbonyl (C=O) groups excluding carboxylic acids is 2. The van der Waals surface area contributed by atoms with Crippen LogP contribution in [0.2, 0.25) is 5.02 Å². The number of carbonyl (C=O) groups is 2. The van der Waals surface area contributed by atoms with Gasteiger partial charge in [0, 0.05) is 34.0 Å². The van der Waals surface area contributed by atoms with Gasteiger partial charge in [-0.15, -0.1) is 0 Å². The third kappa shape index (κ3) is 4.01. The summed E-state index contributed by atoms with van der Waals surface area (Å²) in [5.41, 5.74) is 2.52. The van der Waals surface area contributed by atoms with E-state index in [1.165, 1.54) is 6.26 Å². The first-order valence-electron chi connectivity index (χ1n) is 11.6. The van der Waals surface area contributed by atoms with E-state index >= 15 is 0 Å². The molecule has 0 saturated heterocycles. The number of hydrogen-bond acceptors (Lipinski definition) is 6. The van der Waals surface area contributed by atoms with Crippen molar-refractivity contribution >= 4 is 34.3 Å². The van der Waals surface area contributed by atoms with Crippen LogP contribution in [-0.2, 0) is 14.3 Å². The van der Waals surface area contributed by atoms with E-state index in [0.717, 1.165) is 44.2 Å². The normalized spacial score (nSPS) is 21.8. The Morgan fingerprint density at radius 2 is 1.91 bits per heavy atom. The first kappa shape index (κ1) is 22.0. The minimum absolute atomic E-state index is 0.0604. The number of halogens is 1. The lowest BCUT2D eigenvalue weighted by Gasteiger charge is -2.34. The van der Waals surface area contributed by atoms with E-state index < -0.39 is 11.9 Å². The molecular weight excluding hydrogens is 442 g/mol. The monoisotopic (exact) mass is 467 g/mol. The Labute approximate surface area is 196 Å². The number of Topliss-reactive ketones (excluding diaryl/α,β-unsaturated/α-hetero) is 1. The molecule has 33 heavy (non-hydrogen) atoms. The topological polar surface area (TPSA) is 85.6 Å². The summed E-state index contributed by atoms with van der Waals surface area (Å²) < 4.78 is 11.7. The smallest absolute Gasteiger partial charge is 0.337 e. The number of fused-ring (bicyclic) bond motifs is 1. The molecule has 5 rings (SSSR count). The second-order valence-corrected chi connectivity index (χ2v) is 9.53. The third-order valence-corrected chi connectivity index (χ3v) is 7.13. The second-order valence-electron chi connectivity index (χ2n) is 9.09. The Morgan fingerprint density at radius 1 is 1.12 bits per heavy atom. The highest BCUT2D eigenvalue weighted by Gasteiger charge is 2.41. The zero-order chi connectivity index (χ0) is 23.1. The maximum absolute atomic E-state index is 13.6. The van der Waals surface area contributed by atoms with E-state index in [2.05, 4.69) is 5.32 Å². The lowest BCUT2D eigenvalue weighted by Crippen LogP contribution is -2.37. The number of esters is 1. The number of nitrogens with one attached hydrogen (secondary N) is 1. The predicted octanol–water partition coefficient (Wildman–Crippen LogP) is 5.29. The molecule has 0 bridgehead atoms. The summed E-state index contributed by atoms with van der Waals surface area (Å²) in [5.74, 6) is -1.37. The van der Waals surface area contributed by atoms with E-state index in [4.69, 9.17) is 20.8 Å². The first-order valence-corrected chi connectivity index (χ1v) is 12.0. The molecule has 3 aliphatic rings. The van der Waals surface area contributed by atoms with Crippen molar-refractivity contribution in [2.24, 2.45) is 0 Å². The van der Waals surface area contributed by atoms with Crippen molar-refractivity contribution in [3.8, 4) is 0 Å². The van der Waals surface area contributed by atoms with E-state index in [9.17, 15) is 14.4 Å². The summed E-state index contributed by atoms with van der Waals surface area (Å²) in [7, 11) is 0. The number of ether oxygens (including phenoxy) is 1. The molecule has 1 fully saturated rings. The molecule has 0 unspecified atom stereocenters. The lowest BCUT2D eigenvalue weighted by atomic mass is 9.75. The minimum atomic E-state index is -0.829. The fourth-order valence-corrected chi connectivity index (χ4v) is 5.45. The zero-order valence-electron chi connectivity index (χ0n) is 18.5. The van der Waals surface area contributed by atoms with Crippen LogP contribution < -0.4 is 10.7 Å². The summed E-state index contributed by atoms with van der Waals surface area (Å²) in [4.78, 5) is 40.1. The molecular formula is C26H26ClNO5.